The van der Waals surface area contributed by atoms with E-state index in [1.54, 1.807) is 6.07 Å². The molecule has 2 rings (SSSR count). The van der Waals surface area contributed by atoms with Gasteiger partial charge in [0, 0.05) is 10.7 Å². The van der Waals surface area contributed by atoms with Gasteiger partial charge in [0.05, 0.1) is 30.4 Å². The SMILES string of the molecule is COC(=O)c1cc(NC(=S)NC(=O)[C@@H](C)Oc2ccc(Cl)cc2Cl)cc(C(=O)OC)c1. The standard InChI is InChI=1S/C20H18Cl2N2O6S/c1-10(30-16-5-4-13(21)9-15(16)22)17(25)24-20(31)23-14-7-11(18(26)28-2)6-12(8-14)19(27)29-3/h4-10H,1-3H3,(H2,23,24,25,31)/t10-/m1/s1. The van der Waals surface area contributed by atoms with E-state index in [9.17, 15) is 14.4 Å². The third-order valence-corrected chi connectivity index (χ3v) is 4.57. The van der Waals surface area contributed by atoms with Crippen molar-refractivity contribution in [2.45, 2.75) is 13.0 Å². The van der Waals surface area contributed by atoms with E-state index in [-0.39, 0.29) is 32.7 Å². The summed E-state index contributed by atoms with van der Waals surface area (Å²) in [6.07, 6.45) is -0.939. The lowest BCUT2D eigenvalue weighted by Gasteiger charge is -2.17. The summed E-state index contributed by atoms with van der Waals surface area (Å²) >= 11 is 17.0. The average Bonchev–Trinajstić information content (AvgIpc) is 2.73. The zero-order valence-electron chi connectivity index (χ0n) is 16.7. The van der Waals surface area contributed by atoms with Gasteiger partial charge in [0.25, 0.3) is 5.91 Å². The summed E-state index contributed by atoms with van der Waals surface area (Å²) in [5.41, 5.74) is 0.454. The molecule has 1 atom stereocenters. The van der Waals surface area contributed by atoms with E-state index in [4.69, 9.17) is 40.2 Å². The maximum absolute atomic E-state index is 12.4. The number of esters is 2. The Morgan fingerprint density at radius 3 is 2.06 bits per heavy atom. The smallest absolute Gasteiger partial charge is 0.337 e. The lowest BCUT2D eigenvalue weighted by Crippen LogP contribution is -2.42. The van der Waals surface area contributed by atoms with Gasteiger partial charge >= 0.3 is 11.9 Å². The molecule has 11 heteroatoms. The summed E-state index contributed by atoms with van der Waals surface area (Å²) in [7, 11) is 2.42. The number of rotatable bonds is 6. The quantitative estimate of drug-likeness (QED) is 0.470. The van der Waals surface area contributed by atoms with Gasteiger partial charge in [-0.05, 0) is 55.5 Å². The van der Waals surface area contributed by atoms with E-state index >= 15 is 0 Å². The van der Waals surface area contributed by atoms with Gasteiger partial charge in [-0.3, -0.25) is 10.1 Å². The first-order chi connectivity index (χ1) is 14.6. The Balaban J connectivity index is 2.09. The van der Waals surface area contributed by atoms with Crippen molar-refractivity contribution in [1.29, 1.82) is 0 Å². The third-order valence-electron chi connectivity index (χ3n) is 3.84. The molecule has 31 heavy (non-hydrogen) atoms. The molecule has 0 aliphatic rings. The normalized spacial score (nSPS) is 11.1. The Labute approximate surface area is 193 Å². The molecule has 1 amide bonds. The van der Waals surface area contributed by atoms with Crippen molar-refractivity contribution >= 4 is 64.1 Å². The Morgan fingerprint density at radius 1 is 0.968 bits per heavy atom. The molecule has 0 aromatic heterocycles. The molecule has 0 heterocycles. The van der Waals surface area contributed by atoms with E-state index in [1.165, 1.54) is 51.5 Å². The lowest BCUT2D eigenvalue weighted by atomic mass is 10.1. The van der Waals surface area contributed by atoms with Crippen LogP contribution in [-0.2, 0) is 14.3 Å². The van der Waals surface area contributed by atoms with Crippen LogP contribution in [0.1, 0.15) is 27.6 Å². The highest BCUT2D eigenvalue weighted by Crippen LogP contribution is 2.28. The fourth-order valence-electron chi connectivity index (χ4n) is 2.36. The minimum absolute atomic E-state index is 0.0829. The molecule has 0 fully saturated rings. The second kappa shape index (κ2) is 10.9. The van der Waals surface area contributed by atoms with Crippen molar-refractivity contribution in [3.63, 3.8) is 0 Å². The van der Waals surface area contributed by atoms with E-state index in [0.717, 1.165) is 0 Å². The highest BCUT2D eigenvalue weighted by atomic mass is 35.5. The molecule has 0 aliphatic heterocycles. The van der Waals surface area contributed by atoms with Gasteiger partial charge in [0.15, 0.2) is 11.2 Å². The van der Waals surface area contributed by atoms with Crippen LogP contribution in [0, 0.1) is 0 Å². The first-order valence-corrected chi connectivity index (χ1v) is 9.86. The molecule has 0 saturated carbocycles. The third kappa shape index (κ3) is 6.81. The molecule has 2 N–H and O–H groups in total. The molecule has 0 saturated heterocycles. The zero-order chi connectivity index (χ0) is 23.1. The van der Waals surface area contributed by atoms with Gasteiger partial charge < -0.3 is 19.5 Å². The summed E-state index contributed by atoms with van der Waals surface area (Å²) < 4.78 is 14.9. The topological polar surface area (TPSA) is 103 Å². The van der Waals surface area contributed by atoms with Crippen molar-refractivity contribution in [3.8, 4) is 5.75 Å². The Hall–Kier alpha value is -2.88. The Morgan fingerprint density at radius 2 is 1.55 bits per heavy atom. The van der Waals surface area contributed by atoms with Crippen LogP contribution < -0.4 is 15.4 Å². The van der Waals surface area contributed by atoms with Crippen LogP contribution in [-0.4, -0.2) is 43.3 Å². The predicted molar refractivity (Wildman–Crippen MR) is 120 cm³/mol. The molecule has 0 bridgehead atoms. The van der Waals surface area contributed by atoms with Crippen molar-refractivity contribution in [2.24, 2.45) is 0 Å². The van der Waals surface area contributed by atoms with Gasteiger partial charge in [0.2, 0.25) is 0 Å². The van der Waals surface area contributed by atoms with Crippen LogP contribution in [0.2, 0.25) is 10.0 Å². The largest absolute Gasteiger partial charge is 0.479 e. The molecular weight excluding hydrogens is 467 g/mol. The van der Waals surface area contributed by atoms with Crippen LogP contribution in [0.15, 0.2) is 36.4 Å². The van der Waals surface area contributed by atoms with Gasteiger partial charge in [-0.2, -0.15) is 0 Å². The number of nitrogens with one attached hydrogen (secondary N) is 2. The number of thiocarbonyl (C=S) groups is 1. The van der Waals surface area contributed by atoms with Crippen molar-refractivity contribution < 1.29 is 28.6 Å². The highest BCUT2D eigenvalue weighted by Gasteiger charge is 2.19. The maximum Gasteiger partial charge on any atom is 0.337 e. The van der Waals surface area contributed by atoms with E-state index < -0.39 is 23.9 Å². The predicted octanol–water partition coefficient (Wildman–Crippen LogP) is 3.85. The van der Waals surface area contributed by atoms with Gasteiger partial charge in [0.1, 0.15) is 5.75 Å². The molecule has 8 nitrogen and oxygen atoms in total. The van der Waals surface area contributed by atoms with Gasteiger partial charge in [-0.1, -0.05) is 23.2 Å². The van der Waals surface area contributed by atoms with Gasteiger partial charge in [-0.25, -0.2) is 9.59 Å². The molecular formula is C20H18Cl2N2O6S. The molecule has 164 valence electrons. The van der Waals surface area contributed by atoms with Crippen LogP contribution >= 0.6 is 35.4 Å². The number of amides is 1. The average molecular weight is 485 g/mol. The minimum Gasteiger partial charge on any atom is -0.479 e. The number of hydrogen-bond acceptors (Lipinski definition) is 7. The number of anilines is 1. The fraction of sp³-hybridized carbons (Fsp3) is 0.200. The summed E-state index contributed by atoms with van der Waals surface area (Å²) in [5, 5.41) is 5.79. The maximum atomic E-state index is 12.4. The van der Waals surface area contributed by atoms with Crippen LogP contribution in [0.3, 0.4) is 0 Å². The van der Waals surface area contributed by atoms with Crippen LogP contribution in [0.25, 0.3) is 0 Å². The monoisotopic (exact) mass is 484 g/mol. The zero-order valence-corrected chi connectivity index (χ0v) is 19.0. The molecule has 0 aliphatic carbocycles. The van der Waals surface area contributed by atoms with Crippen LogP contribution in [0.4, 0.5) is 5.69 Å². The lowest BCUT2D eigenvalue weighted by molar-refractivity contribution is -0.125. The number of hydrogen-bond donors (Lipinski definition) is 2. The number of benzene rings is 2. The summed E-state index contributed by atoms with van der Waals surface area (Å²) in [6, 6.07) is 8.73. The Bertz CT molecular complexity index is 996. The molecule has 2 aromatic carbocycles. The molecule has 2 aromatic rings. The Kier molecular flexibility index (Phi) is 8.61. The number of halogens is 2. The minimum atomic E-state index is -0.939. The van der Waals surface area contributed by atoms with E-state index in [2.05, 4.69) is 20.1 Å². The van der Waals surface area contributed by atoms with E-state index in [1.807, 2.05) is 0 Å². The number of carbonyl (C=O) groups is 3. The molecule has 0 spiro atoms. The first-order valence-electron chi connectivity index (χ1n) is 8.70. The number of methoxy groups -OCH3 is 2. The van der Waals surface area contributed by atoms with E-state index in [0.29, 0.717) is 5.02 Å². The van der Waals surface area contributed by atoms with Crippen molar-refractivity contribution in [1.82, 2.24) is 5.32 Å². The summed E-state index contributed by atoms with van der Waals surface area (Å²) in [6.45, 7) is 1.51. The summed E-state index contributed by atoms with van der Waals surface area (Å²) in [5.74, 6) is -1.60. The number of carbonyl (C=O) groups excluding carboxylic acids is 3. The first kappa shape index (κ1) is 24.4. The van der Waals surface area contributed by atoms with Crippen molar-refractivity contribution in [2.75, 3.05) is 19.5 Å². The molecule has 0 unspecified atom stereocenters. The van der Waals surface area contributed by atoms with Gasteiger partial charge in [-0.15, -0.1) is 0 Å². The summed E-state index contributed by atoms with van der Waals surface area (Å²) in [4.78, 5) is 36.1. The second-order valence-electron chi connectivity index (χ2n) is 6.06. The van der Waals surface area contributed by atoms with Crippen molar-refractivity contribution in [3.05, 3.63) is 57.6 Å². The fourth-order valence-corrected chi connectivity index (χ4v) is 3.03. The highest BCUT2D eigenvalue weighted by molar-refractivity contribution is 7.80. The number of ether oxygens (including phenoxy) is 3. The molecule has 0 radical (unpaired) electrons. The second-order valence-corrected chi connectivity index (χ2v) is 7.31. The van der Waals surface area contributed by atoms with Crippen LogP contribution in [0.5, 0.6) is 5.75 Å².